The number of methoxy groups -OCH3 is 1. The molecule has 4 aliphatic heterocycles. The van der Waals surface area contributed by atoms with Gasteiger partial charge in [-0.3, -0.25) is 4.79 Å². The van der Waals surface area contributed by atoms with Crippen LogP contribution in [0.1, 0.15) is 108 Å². The molecule has 4 heterocycles. The molecule has 3 fully saturated rings. The number of carbonyl (C=O) groups excluding carboxylic acids is 3. The van der Waals surface area contributed by atoms with E-state index in [1.165, 1.54) is 13.2 Å². The molecule has 2 bridgehead atoms. The van der Waals surface area contributed by atoms with Gasteiger partial charge in [0.25, 0.3) is 5.76 Å². The summed E-state index contributed by atoms with van der Waals surface area (Å²) in [4.78, 5) is 53.9. The number of benzene rings is 1. The zero-order chi connectivity index (χ0) is 48.1. The van der Waals surface area contributed by atoms with Crippen LogP contribution in [0.25, 0.3) is 0 Å². The molecule has 366 valence electrons. The van der Waals surface area contributed by atoms with E-state index < -0.39 is 114 Å². The van der Waals surface area contributed by atoms with Gasteiger partial charge < -0.3 is 58.3 Å². The summed E-state index contributed by atoms with van der Waals surface area (Å²) in [5, 5.41) is 44.6. The summed E-state index contributed by atoms with van der Waals surface area (Å²) in [6.45, 7) is 8.63. The Bertz CT molecular complexity index is 2210. The highest BCUT2D eigenvalue weighted by atomic mass is 35.5. The highest BCUT2D eigenvalue weighted by Gasteiger charge is 2.60. The number of esters is 3. The summed E-state index contributed by atoms with van der Waals surface area (Å²) < 4.78 is 48.4. The predicted molar refractivity (Wildman–Crippen MR) is 238 cm³/mol. The Kier molecular flexibility index (Phi) is 14.4. The van der Waals surface area contributed by atoms with Crippen LogP contribution in [0.4, 0.5) is 0 Å². The number of carboxylic acids is 1. The summed E-state index contributed by atoms with van der Waals surface area (Å²) in [6, 6.07) is 3.18. The van der Waals surface area contributed by atoms with Crippen molar-refractivity contribution in [1.82, 2.24) is 0 Å². The molecule has 0 aromatic heterocycles. The fourth-order valence-corrected chi connectivity index (χ4v) is 11.8. The second-order valence-corrected chi connectivity index (χ2v) is 20.0. The highest BCUT2D eigenvalue weighted by Crippen LogP contribution is 2.55. The van der Waals surface area contributed by atoms with Crippen LogP contribution in [-0.4, -0.2) is 112 Å². The van der Waals surface area contributed by atoms with Gasteiger partial charge in [-0.05, 0) is 95.2 Å². The minimum atomic E-state index is -1.62. The van der Waals surface area contributed by atoms with Crippen molar-refractivity contribution in [3.8, 4) is 5.75 Å². The number of hydrogen-bond donors (Lipinski definition) is 4. The zero-order valence-electron chi connectivity index (χ0n) is 38.8. The van der Waals surface area contributed by atoms with Crippen molar-refractivity contribution in [3.05, 3.63) is 75.8 Å². The number of hydrogen-bond acceptors (Lipinski definition) is 15. The molecule has 67 heavy (non-hydrogen) atoms. The second-order valence-electron chi connectivity index (χ2n) is 19.5. The van der Waals surface area contributed by atoms with E-state index in [0.717, 1.165) is 12.8 Å². The number of aliphatic carboxylic acids is 1. The van der Waals surface area contributed by atoms with Gasteiger partial charge in [-0.2, -0.15) is 0 Å². The molecule has 4 N–H and O–H groups in total. The highest BCUT2D eigenvalue weighted by molar-refractivity contribution is 6.32. The molecule has 0 radical (unpaired) electrons. The SMILES string of the molecule is COc1ccc(Cl)c(C)c1C(=O)OC1CC(OC2C(O)CC(O[C@H]3CCC[C@H]4[C@@H]3C=C[C@@H]3CCCC/C=C/[C@H]5C=C(C(=O)O)[C@H](C)C[C@]56OC(=O)C(=C6O)OC(=O)[C@@]34C)OC2C)OC(C)C1O. The summed E-state index contributed by atoms with van der Waals surface area (Å²) in [5.41, 5.74) is -2.00. The van der Waals surface area contributed by atoms with E-state index in [0.29, 0.717) is 42.7 Å². The molecule has 1 spiro atoms. The van der Waals surface area contributed by atoms with E-state index in [-0.39, 0.29) is 53.9 Å². The van der Waals surface area contributed by atoms with E-state index in [2.05, 4.69) is 6.08 Å². The molecule has 17 heteroatoms. The lowest BCUT2D eigenvalue weighted by molar-refractivity contribution is -0.318. The first-order chi connectivity index (χ1) is 31.9. The summed E-state index contributed by atoms with van der Waals surface area (Å²) >= 11 is 6.30. The number of aliphatic hydroxyl groups is 3. The smallest absolute Gasteiger partial charge is 0.379 e. The number of carbonyl (C=O) groups is 4. The fraction of sp³-hybridized carbons (Fsp3) is 0.640. The van der Waals surface area contributed by atoms with Crippen LogP contribution in [0.2, 0.25) is 5.02 Å². The van der Waals surface area contributed by atoms with E-state index in [9.17, 15) is 39.6 Å². The lowest BCUT2D eigenvalue weighted by Crippen LogP contribution is -2.56. The standard InChI is InChI=1S/C50H63ClO16/c1-24-23-50-29(20-31(24)45(55)56)13-10-8-7-9-12-28-16-17-30-32(49(28,5)48(59)66-43(44(50)54)47(58)67-50)14-11-15-35(30)63-38-21-34(52)42(27(4)62-38)65-39-22-37(41(53)26(3)61-39)64-46(57)40-25(2)33(51)18-19-36(40)60-6/h10,13,16-20,24,26-30,32,34-35,37-39,41-42,52-54H,7-9,11-12,14-15,21-23H2,1-6H3,(H,55,56)/b13-10+/t24-,26?,27?,28+,29+,30+,32+,34?,35+,37?,38?,39?,41?,42?,49+,50+/m1/s1. The molecular weight excluding hydrogens is 892 g/mol. The largest absolute Gasteiger partial charge is 0.505 e. The topological polar surface area (TPSA) is 223 Å². The Morgan fingerprint density at radius 1 is 0.910 bits per heavy atom. The number of rotatable bonds is 8. The van der Waals surface area contributed by atoms with Crippen molar-refractivity contribution in [2.75, 3.05) is 7.11 Å². The van der Waals surface area contributed by atoms with Gasteiger partial charge in [-0.1, -0.05) is 61.7 Å². The minimum Gasteiger partial charge on any atom is -0.505 e. The van der Waals surface area contributed by atoms with Crippen LogP contribution < -0.4 is 4.74 Å². The third kappa shape index (κ3) is 9.19. The molecule has 1 saturated carbocycles. The van der Waals surface area contributed by atoms with Gasteiger partial charge in [0.2, 0.25) is 0 Å². The molecule has 1 aromatic rings. The average Bonchev–Trinajstić information content (AvgIpc) is 3.50. The molecule has 16 atom stereocenters. The Morgan fingerprint density at radius 2 is 1.66 bits per heavy atom. The van der Waals surface area contributed by atoms with Crippen LogP contribution in [0.15, 0.2) is 59.6 Å². The first-order valence-electron chi connectivity index (χ1n) is 23.6. The average molecular weight is 955 g/mol. The maximum absolute atomic E-state index is 14.8. The zero-order valence-corrected chi connectivity index (χ0v) is 39.5. The van der Waals surface area contributed by atoms with Gasteiger partial charge in [0.05, 0.1) is 36.9 Å². The van der Waals surface area contributed by atoms with Crippen LogP contribution in [0.5, 0.6) is 5.75 Å². The molecule has 3 aliphatic carbocycles. The molecule has 1 aromatic carbocycles. The second kappa shape index (κ2) is 19.6. The molecule has 7 aliphatic rings. The number of aliphatic hydroxyl groups excluding tert-OH is 3. The van der Waals surface area contributed by atoms with Gasteiger partial charge in [-0.25, -0.2) is 14.4 Å². The van der Waals surface area contributed by atoms with E-state index >= 15 is 0 Å². The number of ether oxygens (including phenoxy) is 8. The molecule has 0 amide bonds. The van der Waals surface area contributed by atoms with Crippen molar-refractivity contribution >= 4 is 35.5 Å². The van der Waals surface area contributed by atoms with Gasteiger partial charge >= 0.3 is 23.9 Å². The predicted octanol–water partition coefficient (Wildman–Crippen LogP) is 6.96. The first kappa shape index (κ1) is 49.1. The monoisotopic (exact) mass is 954 g/mol. The minimum absolute atomic E-state index is 0.00846. The molecule has 2 saturated heterocycles. The third-order valence-corrected chi connectivity index (χ3v) is 15.9. The first-order valence-corrected chi connectivity index (χ1v) is 24.0. The maximum atomic E-state index is 14.8. The Morgan fingerprint density at radius 3 is 2.39 bits per heavy atom. The van der Waals surface area contributed by atoms with E-state index in [4.69, 9.17) is 49.5 Å². The molecule has 8 rings (SSSR count). The van der Waals surface area contributed by atoms with Gasteiger partial charge in [0.1, 0.15) is 29.6 Å². The third-order valence-electron chi connectivity index (χ3n) is 15.5. The van der Waals surface area contributed by atoms with Crippen molar-refractivity contribution in [2.45, 2.75) is 160 Å². The molecule has 8 unspecified atom stereocenters. The van der Waals surface area contributed by atoms with Crippen LogP contribution >= 0.6 is 11.6 Å². The molecular formula is C50H63ClO16. The van der Waals surface area contributed by atoms with Crippen LogP contribution in [0.3, 0.4) is 0 Å². The van der Waals surface area contributed by atoms with Gasteiger partial charge in [0.15, 0.2) is 23.9 Å². The Hall–Kier alpha value is -4.29. The van der Waals surface area contributed by atoms with Gasteiger partial charge in [0, 0.05) is 41.7 Å². The summed E-state index contributed by atoms with van der Waals surface area (Å²) in [7, 11) is 1.43. The number of allylic oxidation sites excluding steroid dienone is 2. The maximum Gasteiger partial charge on any atom is 0.379 e. The van der Waals surface area contributed by atoms with E-state index in [1.807, 2.05) is 19.1 Å². The quantitative estimate of drug-likeness (QED) is 0.117. The lowest BCUT2D eigenvalue weighted by Gasteiger charge is -2.51. The number of halogens is 1. The number of fused-ring (bicyclic) bond motifs is 3. The fourth-order valence-electron chi connectivity index (χ4n) is 11.7. The van der Waals surface area contributed by atoms with E-state index in [1.54, 1.807) is 45.9 Å². The van der Waals surface area contributed by atoms with Crippen molar-refractivity contribution in [3.63, 3.8) is 0 Å². The normalized spacial score (nSPS) is 40.5. The van der Waals surface area contributed by atoms with Crippen LogP contribution in [0, 0.1) is 41.9 Å². The number of carboxylic acid groups (broad SMARTS) is 1. The Labute approximate surface area is 395 Å². The van der Waals surface area contributed by atoms with Crippen LogP contribution in [-0.2, 0) is 47.5 Å². The molecule has 16 nitrogen and oxygen atoms in total. The van der Waals surface area contributed by atoms with Crippen molar-refractivity contribution < 1.29 is 77.5 Å². The van der Waals surface area contributed by atoms with Crippen molar-refractivity contribution in [1.29, 1.82) is 0 Å². The summed E-state index contributed by atoms with van der Waals surface area (Å²) in [6.07, 6.45) is 6.54. The lowest BCUT2D eigenvalue weighted by atomic mass is 9.55. The van der Waals surface area contributed by atoms with Gasteiger partial charge in [-0.15, -0.1) is 0 Å². The van der Waals surface area contributed by atoms with Crippen molar-refractivity contribution in [2.24, 2.45) is 35.0 Å². The Balaban J connectivity index is 0.952. The summed E-state index contributed by atoms with van der Waals surface area (Å²) in [5.74, 6) is -6.44.